The standard InChI is InChI=1S/C16H22N2O2/c1-12(2)11-15(19)17-14-7-5-13(6-8-14)16(20)18-9-3-4-10-18/h5-8,12H,3-4,9-11H2,1-2H3,(H,17,19). The Balaban J connectivity index is 1.95. The van der Waals surface area contributed by atoms with E-state index in [1.807, 2.05) is 18.7 Å². The number of hydrogen-bond acceptors (Lipinski definition) is 2. The average Bonchev–Trinajstić information content (AvgIpc) is 2.91. The molecule has 0 aliphatic carbocycles. The molecule has 0 atom stereocenters. The molecule has 1 saturated heterocycles. The normalized spacial score (nSPS) is 14.7. The molecule has 0 radical (unpaired) electrons. The number of nitrogens with one attached hydrogen (secondary N) is 1. The zero-order valence-electron chi connectivity index (χ0n) is 12.2. The molecule has 0 aromatic heterocycles. The zero-order chi connectivity index (χ0) is 14.5. The van der Waals surface area contributed by atoms with Crippen LogP contribution in [0.4, 0.5) is 5.69 Å². The fraction of sp³-hybridized carbons (Fsp3) is 0.500. The van der Waals surface area contributed by atoms with Crippen LogP contribution in [0.2, 0.25) is 0 Å². The Bertz CT molecular complexity index is 474. The maximum absolute atomic E-state index is 12.2. The summed E-state index contributed by atoms with van der Waals surface area (Å²) in [5, 5.41) is 2.85. The van der Waals surface area contributed by atoms with Gasteiger partial charge in [0, 0.05) is 30.8 Å². The Labute approximate surface area is 120 Å². The van der Waals surface area contributed by atoms with Gasteiger partial charge in [-0.3, -0.25) is 9.59 Å². The monoisotopic (exact) mass is 274 g/mol. The van der Waals surface area contributed by atoms with Crippen molar-refractivity contribution in [1.82, 2.24) is 4.90 Å². The van der Waals surface area contributed by atoms with Crippen molar-refractivity contribution in [3.05, 3.63) is 29.8 Å². The first-order valence-corrected chi connectivity index (χ1v) is 7.25. The summed E-state index contributed by atoms with van der Waals surface area (Å²) < 4.78 is 0. The van der Waals surface area contributed by atoms with E-state index in [1.165, 1.54) is 0 Å². The molecule has 4 heteroatoms. The van der Waals surface area contributed by atoms with Crippen LogP contribution in [0.1, 0.15) is 43.5 Å². The van der Waals surface area contributed by atoms with Gasteiger partial charge in [0.1, 0.15) is 0 Å². The number of hydrogen-bond donors (Lipinski definition) is 1. The van der Waals surface area contributed by atoms with Crippen LogP contribution in [0.25, 0.3) is 0 Å². The van der Waals surface area contributed by atoms with E-state index >= 15 is 0 Å². The lowest BCUT2D eigenvalue weighted by molar-refractivity contribution is -0.116. The van der Waals surface area contributed by atoms with E-state index in [0.29, 0.717) is 17.9 Å². The third kappa shape index (κ3) is 3.83. The summed E-state index contributed by atoms with van der Waals surface area (Å²) in [4.78, 5) is 25.7. The Kier molecular flexibility index (Phi) is 4.77. The van der Waals surface area contributed by atoms with Crippen LogP contribution in [0, 0.1) is 5.92 Å². The lowest BCUT2D eigenvalue weighted by Gasteiger charge is -2.15. The van der Waals surface area contributed by atoms with Crippen LogP contribution in [-0.2, 0) is 4.79 Å². The van der Waals surface area contributed by atoms with Crippen molar-refractivity contribution in [2.75, 3.05) is 18.4 Å². The van der Waals surface area contributed by atoms with Crippen LogP contribution in [0.5, 0.6) is 0 Å². The van der Waals surface area contributed by atoms with E-state index in [0.717, 1.165) is 31.6 Å². The third-order valence-corrected chi connectivity index (χ3v) is 3.40. The van der Waals surface area contributed by atoms with E-state index in [9.17, 15) is 9.59 Å². The summed E-state index contributed by atoms with van der Waals surface area (Å²) in [5.41, 5.74) is 1.43. The second kappa shape index (κ2) is 6.55. The van der Waals surface area contributed by atoms with Gasteiger partial charge in [-0.05, 0) is 43.0 Å². The Morgan fingerprint density at radius 1 is 1.15 bits per heavy atom. The minimum absolute atomic E-state index is 0.0126. The van der Waals surface area contributed by atoms with Gasteiger partial charge in [-0.1, -0.05) is 13.8 Å². The Morgan fingerprint density at radius 2 is 1.75 bits per heavy atom. The lowest BCUT2D eigenvalue weighted by Crippen LogP contribution is -2.27. The number of nitrogens with zero attached hydrogens (tertiary/aromatic N) is 1. The molecule has 1 heterocycles. The molecule has 1 N–H and O–H groups in total. The van der Waals surface area contributed by atoms with E-state index in [2.05, 4.69) is 5.32 Å². The van der Waals surface area contributed by atoms with E-state index in [1.54, 1.807) is 24.3 Å². The first-order chi connectivity index (χ1) is 9.56. The molecule has 1 fully saturated rings. The Morgan fingerprint density at radius 3 is 2.30 bits per heavy atom. The highest BCUT2D eigenvalue weighted by Gasteiger charge is 2.19. The zero-order valence-corrected chi connectivity index (χ0v) is 12.2. The molecular formula is C16H22N2O2. The molecule has 108 valence electrons. The van der Waals surface area contributed by atoms with E-state index in [4.69, 9.17) is 0 Å². The highest BCUT2D eigenvalue weighted by atomic mass is 16.2. The summed E-state index contributed by atoms with van der Waals surface area (Å²) in [5.74, 6) is 0.437. The molecular weight excluding hydrogens is 252 g/mol. The summed E-state index contributed by atoms with van der Waals surface area (Å²) in [7, 11) is 0. The van der Waals surface area contributed by atoms with Gasteiger partial charge < -0.3 is 10.2 Å². The fourth-order valence-electron chi connectivity index (χ4n) is 2.38. The maximum atomic E-state index is 12.2. The molecule has 2 amide bonds. The van der Waals surface area contributed by atoms with E-state index in [-0.39, 0.29) is 11.8 Å². The largest absolute Gasteiger partial charge is 0.339 e. The number of carbonyl (C=O) groups is 2. The van der Waals surface area contributed by atoms with Crippen LogP contribution in [-0.4, -0.2) is 29.8 Å². The molecule has 0 saturated carbocycles. The molecule has 1 aromatic rings. The number of carbonyl (C=O) groups excluding carboxylic acids is 2. The summed E-state index contributed by atoms with van der Waals surface area (Å²) in [6.07, 6.45) is 2.69. The van der Waals surface area contributed by atoms with Crippen LogP contribution in [0.3, 0.4) is 0 Å². The van der Waals surface area contributed by atoms with Gasteiger partial charge in [0.25, 0.3) is 5.91 Å². The van der Waals surface area contributed by atoms with Crippen LogP contribution >= 0.6 is 0 Å². The molecule has 4 nitrogen and oxygen atoms in total. The maximum Gasteiger partial charge on any atom is 0.253 e. The predicted octanol–water partition coefficient (Wildman–Crippen LogP) is 2.91. The van der Waals surface area contributed by atoms with Gasteiger partial charge in [0.2, 0.25) is 5.91 Å². The minimum atomic E-state index is 0.0126. The second-order valence-corrected chi connectivity index (χ2v) is 5.72. The number of rotatable bonds is 4. The van der Waals surface area contributed by atoms with Gasteiger partial charge in [-0.25, -0.2) is 0 Å². The topological polar surface area (TPSA) is 49.4 Å². The number of benzene rings is 1. The van der Waals surface area contributed by atoms with Gasteiger partial charge in [-0.15, -0.1) is 0 Å². The highest BCUT2D eigenvalue weighted by Crippen LogP contribution is 2.16. The molecule has 0 unspecified atom stereocenters. The fourth-order valence-corrected chi connectivity index (χ4v) is 2.38. The van der Waals surface area contributed by atoms with Gasteiger partial charge in [0.05, 0.1) is 0 Å². The SMILES string of the molecule is CC(C)CC(=O)Nc1ccc(C(=O)N2CCCC2)cc1. The smallest absolute Gasteiger partial charge is 0.253 e. The van der Waals surface area contributed by atoms with Crippen LogP contribution < -0.4 is 5.32 Å². The van der Waals surface area contributed by atoms with E-state index < -0.39 is 0 Å². The predicted molar refractivity (Wildman–Crippen MR) is 79.7 cm³/mol. The number of likely N-dealkylation sites (tertiary alicyclic amines) is 1. The second-order valence-electron chi connectivity index (χ2n) is 5.72. The van der Waals surface area contributed by atoms with Gasteiger partial charge in [-0.2, -0.15) is 0 Å². The highest BCUT2D eigenvalue weighted by molar-refractivity contribution is 5.96. The Hall–Kier alpha value is -1.84. The number of amides is 2. The van der Waals surface area contributed by atoms with Crippen molar-refractivity contribution in [2.45, 2.75) is 33.1 Å². The molecule has 1 aliphatic rings. The molecule has 1 aliphatic heterocycles. The molecule has 2 rings (SSSR count). The summed E-state index contributed by atoms with van der Waals surface area (Å²) in [6, 6.07) is 7.15. The van der Waals surface area contributed by atoms with Crippen molar-refractivity contribution in [2.24, 2.45) is 5.92 Å². The molecule has 0 spiro atoms. The molecule has 20 heavy (non-hydrogen) atoms. The van der Waals surface area contributed by atoms with Crippen molar-refractivity contribution < 1.29 is 9.59 Å². The van der Waals surface area contributed by atoms with Gasteiger partial charge >= 0.3 is 0 Å². The quantitative estimate of drug-likeness (QED) is 0.917. The van der Waals surface area contributed by atoms with Crippen molar-refractivity contribution in [3.8, 4) is 0 Å². The summed E-state index contributed by atoms with van der Waals surface area (Å²) in [6.45, 7) is 5.73. The first kappa shape index (κ1) is 14.6. The van der Waals surface area contributed by atoms with Crippen molar-refractivity contribution in [1.29, 1.82) is 0 Å². The number of anilines is 1. The van der Waals surface area contributed by atoms with Crippen molar-refractivity contribution in [3.63, 3.8) is 0 Å². The van der Waals surface area contributed by atoms with Crippen molar-refractivity contribution >= 4 is 17.5 Å². The van der Waals surface area contributed by atoms with Crippen LogP contribution in [0.15, 0.2) is 24.3 Å². The molecule has 0 bridgehead atoms. The van der Waals surface area contributed by atoms with Gasteiger partial charge in [0.15, 0.2) is 0 Å². The average molecular weight is 274 g/mol. The molecule has 1 aromatic carbocycles. The lowest BCUT2D eigenvalue weighted by atomic mass is 10.1. The third-order valence-electron chi connectivity index (χ3n) is 3.40. The minimum Gasteiger partial charge on any atom is -0.339 e. The first-order valence-electron chi connectivity index (χ1n) is 7.25. The summed E-state index contributed by atoms with van der Waals surface area (Å²) >= 11 is 0.